The van der Waals surface area contributed by atoms with Gasteiger partial charge in [0.15, 0.2) is 0 Å². The summed E-state index contributed by atoms with van der Waals surface area (Å²) >= 11 is 0. The third-order valence-corrected chi connectivity index (χ3v) is 3.63. The first-order valence-electron chi connectivity index (χ1n) is 6.83. The van der Waals surface area contributed by atoms with Crippen molar-refractivity contribution in [2.75, 3.05) is 33.4 Å². The number of hydrogen-bond donors (Lipinski definition) is 1. The first-order chi connectivity index (χ1) is 9.75. The zero-order chi connectivity index (χ0) is 16.0. The van der Waals surface area contributed by atoms with Gasteiger partial charge in [-0.1, -0.05) is 24.8 Å². The van der Waals surface area contributed by atoms with Gasteiger partial charge in [-0.15, -0.1) is 0 Å². The van der Waals surface area contributed by atoms with Crippen LogP contribution < -0.4 is 5.73 Å². The van der Waals surface area contributed by atoms with Crippen molar-refractivity contribution in [1.82, 2.24) is 4.90 Å². The highest BCUT2D eigenvalue weighted by Crippen LogP contribution is 2.25. The maximum absolute atomic E-state index is 12.3. The summed E-state index contributed by atoms with van der Waals surface area (Å²) in [6, 6.07) is -0.0494. The van der Waals surface area contributed by atoms with Crippen LogP contribution in [0, 0.1) is 5.92 Å². The molecule has 21 heavy (non-hydrogen) atoms. The van der Waals surface area contributed by atoms with Crippen molar-refractivity contribution < 1.29 is 17.9 Å². The number of hydrogen-bond acceptors (Lipinski definition) is 3. The molecule has 6 heteroatoms. The Balaban J connectivity index is 2.56. The maximum atomic E-state index is 12.3. The quantitative estimate of drug-likeness (QED) is 0.766. The highest BCUT2D eigenvalue weighted by atomic mass is 19.4. The smallest absolute Gasteiger partial charge is 0.383 e. The molecule has 0 aromatic heterocycles. The van der Waals surface area contributed by atoms with E-state index in [0.717, 1.165) is 38.2 Å². The Hall–Kier alpha value is -1.11. The van der Waals surface area contributed by atoms with Crippen molar-refractivity contribution in [3.8, 4) is 0 Å². The number of nitrogens with two attached hydrogens (primary N) is 1. The topological polar surface area (TPSA) is 38.5 Å². The van der Waals surface area contributed by atoms with Gasteiger partial charge in [-0.05, 0) is 12.5 Å². The SMILES string of the molecule is C=C(/C=C\C=C(/C)C(F)(F)F)[C@@H]1CN(CCOC)C[C@H]1N. The van der Waals surface area contributed by atoms with E-state index in [0.29, 0.717) is 6.61 Å². The molecule has 0 saturated carbocycles. The zero-order valence-electron chi connectivity index (χ0n) is 12.5. The Morgan fingerprint density at radius 1 is 1.43 bits per heavy atom. The monoisotopic (exact) mass is 304 g/mol. The highest BCUT2D eigenvalue weighted by Gasteiger charge is 2.31. The van der Waals surface area contributed by atoms with Crippen LogP contribution in [-0.2, 0) is 4.74 Å². The first-order valence-corrected chi connectivity index (χ1v) is 6.83. The van der Waals surface area contributed by atoms with E-state index < -0.39 is 11.7 Å². The third kappa shape index (κ3) is 5.65. The molecule has 1 fully saturated rings. The number of rotatable bonds is 6. The van der Waals surface area contributed by atoms with Gasteiger partial charge in [-0.2, -0.15) is 13.2 Å². The van der Waals surface area contributed by atoms with Crippen molar-refractivity contribution in [3.05, 3.63) is 36.0 Å². The van der Waals surface area contributed by atoms with Crippen molar-refractivity contribution in [2.45, 2.75) is 19.1 Å². The van der Waals surface area contributed by atoms with Gasteiger partial charge >= 0.3 is 6.18 Å². The molecule has 0 unspecified atom stereocenters. The van der Waals surface area contributed by atoms with Crippen LogP contribution in [0.4, 0.5) is 13.2 Å². The second-order valence-corrected chi connectivity index (χ2v) is 5.30. The number of halogens is 3. The molecule has 0 bridgehead atoms. The van der Waals surface area contributed by atoms with E-state index in [-0.39, 0.29) is 12.0 Å². The van der Waals surface area contributed by atoms with E-state index in [4.69, 9.17) is 10.5 Å². The van der Waals surface area contributed by atoms with Gasteiger partial charge in [0, 0.05) is 44.3 Å². The van der Waals surface area contributed by atoms with Gasteiger partial charge in [0.2, 0.25) is 0 Å². The van der Waals surface area contributed by atoms with Crippen LogP contribution in [0.5, 0.6) is 0 Å². The Bertz CT molecular complexity index is 416. The maximum Gasteiger partial charge on any atom is 0.412 e. The van der Waals surface area contributed by atoms with Gasteiger partial charge in [-0.25, -0.2) is 0 Å². The average Bonchev–Trinajstić information content (AvgIpc) is 2.76. The summed E-state index contributed by atoms with van der Waals surface area (Å²) in [6.07, 6.45) is -0.240. The summed E-state index contributed by atoms with van der Waals surface area (Å²) in [5.41, 5.74) is 6.19. The van der Waals surface area contributed by atoms with Crippen LogP contribution in [0.1, 0.15) is 6.92 Å². The number of ether oxygens (including phenoxy) is 1. The molecule has 0 spiro atoms. The van der Waals surface area contributed by atoms with Crippen molar-refractivity contribution in [1.29, 1.82) is 0 Å². The van der Waals surface area contributed by atoms with E-state index in [1.165, 1.54) is 6.08 Å². The molecule has 0 amide bonds. The molecule has 1 aliphatic heterocycles. The minimum absolute atomic E-state index is 0.0494. The normalized spacial score (nSPS) is 25.0. The molecule has 1 heterocycles. The lowest BCUT2D eigenvalue weighted by molar-refractivity contribution is -0.0912. The van der Waals surface area contributed by atoms with E-state index in [2.05, 4.69) is 11.5 Å². The largest absolute Gasteiger partial charge is 0.412 e. The molecule has 120 valence electrons. The summed E-state index contributed by atoms with van der Waals surface area (Å²) < 4.78 is 42.1. The molecule has 0 aromatic carbocycles. The molecule has 1 aliphatic rings. The zero-order valence-corrected chi connectivity index (χ0v) is 12.5. The Morgan fingerprint density at radius 2 is 2.10 bits per heavy atom. The van der Waals surface area contributed by atoms with Crippen molar-refractivity contribution in [3.63, 3.8) is 0 Å². The fourth-order valence-corrected chi connectivity index (χ4v) is 2.24. The van der Waals surface area contributed by atoms with Gasteiger partial charge in [-0.3, -0.25) is 4.90 Å². The number of nitrogens with zero attached hydrogens (tertiary/aromatic N) is 1. The van der Waals surface area contributed by atoms with Crippen LogP contribution in [0.3, 0.4) is 0 Å². The molecule has 0 aromatic rings. The van der Waals surface area contributed by atoms with Crippen molar-refractivity contribution in [2.24, 2.45) is 11.7 Å². The highest BCUT2D eigenvalue weighted by molar-refractivity contribution is 5.26. The molecule has 2 N–H and O–H groups in total. The van der Waals surface area contributed by atoms with Crippen LogP contribution in [0.15, 0.2) is 36.0 Å². The fourth-order valence-electron chi connectivity index (χ4n) is 2.24. The van der Waals surface area contributed by atoms with E-state index in [9.17, 15) is 13.2 Å². The summed E-state index contributed by atoms with van der Waals surface area (Å²) in [7, 11) is 1.64. The number of methoxy groups -OCH3 is 1. The predicted molar refractivity (Wildman–Crippen MR) is 77.9 cm³/mol. The average molecular weight is 304 g/mol. The molecular formula is C15H23F3N2O. The molecule has 1 rings (SSSR count). The molecule has 2 atom stereocenters. The number of likely N-dealkylation sites (tertiary alicyclic amines) is 1. The van der Waals surface area contributed by atoms with E-state index in [1.807, 2.05) is 0 Å². The summed E-state index contributed by atoms with van der Waals surface area (Å²) in [5.74, 6) is 0.0673. The van der Waals surface area contributed by atoms with Gasteiger partial charge in [0.25, 0.3) is 0 Å². The minimum atomic E-state index is -4.29. The van der Waals surface area contributed by atoms with Gasteiger partial charge < -0.3 is 10.5 Å². The summed E-state index contributed by atoms with van der Waals surface area (Å²) in [5, 5.41) is 0. The number of allylic oxidation sites excluding steroid dienone is 4. The summed E-state index contributed by atoms with van der Waals surface area (Å²) in [6.45, 7) is 7.91. The molecule has 0 aliphatic carbocycles. The van der Waals surface area contributed by atoms with Crippen LogP contribution in [-0.4, -0.2) is 50.5 Å². The Morgan fingerprint density at radius 3 is 2.67 bits per heavy atom. The predicted octanol–water partition coefficient (Wildman–Crippen LogP) is 2.51. The third-order valence-electron chi connectivity index (χ3n) is 3.63. The standard InChI is InChI=1S/C15H23F3N2O/c1-11(5-4-6-12(2)15(16,17)18)13-9-20(7-8-21-3)10-14(13)19/h4-6,13-14H,1,7-10,19H2,2-3H3/b5-4-,12-6+/t13-,14+/m0/s1. The second-order valence-electron chi connectivity index (χ2n) is 5.30. The lowest BCUT2D eigenvalue weighted by Crippen LogP contribution is -2.30. The Kier molecular flexibility index (Phi) is 6.64. The lowest BCUT2D eigenvalue weighted by Gasteiger charge is -2.15. The van der Waals surface area contributed by atoms with Crippen LogP contribution in [0.2, 0.25) is 0 Å². The van der Waals surface area contributed by atoms with E-state index in [1.54, 1.807) is 13.2 Å². The molecule has 3 nitrogen and oxygen atoms in total. The van der Waals surface area contributed by atoms with Crippen LogP contribution >= 0.6 is 0 Å². The van der Waals surface area contributed by atoms with E-state index >= 15 is 0 Å². The first kappa shape index (κ1) is 17.9. The fraction of sp³-hybridized carbons (Fsp3) is 0.600. The Labute approximate surface area is 123 Å². The second kappa shape index (κ2) is 7.77. The van der Waals surface area contributed by atoms with Gasteiger partial charge in [0.1, 0.15) is 0 Å². The molecular weight excluding hydrogens is 281 g/mol. The molecule has 1 saturated heterocycles. The van der Waals surface area contributed by atoms with Crippen molar-refractivity contribution >= 4 is 0 Å². The molecule has 0 radical (unpaired) electrons. The summed E-state index contributed by atoms with van der Waals surface area (Å²) in [4.78, 5) is 2.18. The van der Waals surface area contributed by atoms with Crippen LogP contribution in [0.25, 0.3) is 0 Å². The lowest BCUT2D eigenvalue weighted by atomic mass is 9.95. The van der Waals surface area contributed by atoms with Gasteiger partial charge in [0.05, 0.1) is 6.61 Å². The minimum Gasteiger partial charge on any atom is -0.383 e. The number of alkyl halides is 3.